The van der Waals surface area contributed by atoms with Gasteiger partial charge in [0.15, 0.2) is 5.76 Å². The quantitative estimate of drug-likeness (QED) is 0.655. The minimum atomic E-state index is -0.0116. The molecule has 1 aliphatic rings. The lowest BCUT2D eigenvalue weighted by Gasteiger charge is -2.07. The fourth-order valence-corrected chi connectivity index (χ4v) is 1.58. The van der Waals surface area contributed by atoms with Gasteiger partial charge in [0.2, 0.25) is 0 Å². The molecular formula is C8H11NO2. The number of hydrogen-bond acceptors (Lipinski definition) is 3. The second-order valence-electron chi connectivity index (χ2n) is 2.90. The Balaban J connectivity index is 2.38. The zero-order valence-electron chi connectivity index (χ0n) is 6.34. The summed E-state index contributed by atoms with van der Waals surface area (Å²) in [6.07, 6.45) is 4.43. The van der Waals surface area contributed by atoms with Crippen molar-refractivity contribution >= 4 is 0 Å². The van der Waals surface area contributed by atoms with Gasteiger partial charge in [0.25, 0.3) is 0 Å². The summed E-state index contributed by atoms with van der Waals surface area (Å²) in [7, 11) is 0. The van der Waals surface area contributed by atoms with Crippen LogP contribution in [0.4, 0.5) is 0 Å². The first-order valence-electron chi connectivity index (χ1n) is 3.99. The number of aliphatic hydroxyl groups is 1. The Hall–Kier alpha value is -0.830. The third-order valence-electron chi connectivity index (χ3n) is 2.18. The lowest BCUT2D eigenvalue weighted by molar-refractivity contribution is 0.227. The molecule has 1 N–H and O–H groups in total. The van der Waals surface area contributed by atoms with Crippen molar-refractivity contribution < 1.29 is 9.63 Å². The van der Waals surface area contributed by atoms with E-state index in [9.17, 15) is 0 Å². The SMILES string of the molecule is OCc1onc2c1CCCC2. The summed E-state index contributed by atoms with van der Waals surface area (Å²) in [6.45, 7) is -0.0116. The first-order chi connectivity index (χ1) is 5.42. The van der Waals surface area contributed by atoms with E-state index in [1.807, 2.05) is 0 Å². The van der Waals surface area contributed by atoms with Gasteiger partial charge in [0.05, 0.1) is 5.69 Å². The molecule has 60 valence electrons. The first-order valence-corrected chi connectivity index (χ1v) is 3.99. The maximum Gasteiger partial charge on any atom is 0.165 e. The molecule has 0 unspecified atom stereocenters. The van der Waals surface area contributed by atoms with Crippen LogP contribution in [0.3, 0.4) is 0 Å². The number of aliphatic hydroxyl groups excluding tert-OH is 1. The van der Waals surface area contributed by atoms with Crippen LogP contribution >= 0.6 is 0 Å². The van der Waals surface area contributed by atoms with Crippen LogP contribution in [0.15, 0.2) is 4.52 Å². The van der Waals surface area contributed by atoms with Gasteiger partial charge in [-0.25, -0.2) is 0 Å². The van der Waals surface area contributed by atoms with Crippen LogP contribution in [0.25, 0.3) is 0 Å². The summed E-state index contributed by atoms with van der Waals surface area (Å²) in [6, 6.07) is 0. The summed E-state index contributed by atoms with van der Waals surface area (Å²) in [5.41, 5.74) is 2.21. The van der Waals surface area contributed by atoms with Gasteiger partial charge >= 0.3 is 0 Å². The molecule has 3 heteroatoms. The molecule has 0 aromatic carbocycles. The van der Waals surface area contributed by atoms with Gasteiger partial charge in [-0.05, 0) is 25.7 Å². The highest BCUT2D eigenvalue weighted by molar-refractivity contribution is 5.24. The molecule has 0 atom stereocenters. The maximum absolute atomic E-state index is 8.85. The molecule has 0 spiro atoms. The van der Waals surface area contributed by atoms with Gasteiger partial charge in [-0.2, -0.15) is 0 Å². The van der Waals surface area contributed by atoms with E-state index >= 15 is 0 Å². The fourth-order valence-electron chi connectivity index (χ4n) is 1.58. The number of rotatable bonds is 1. The van der Waals surface area contributed by atoms with Crippen LogP contribution in [0.1, 0.15) is 29.9 Å². The minimum Gasteiger partial charge on any atom is -0.388 e. The van der Waals surface area contributed by atoms with Crippen LogP contribution in [0.2, 0.25) is 0 Å². The van der Waals surface area contributed by atoms with E-state index in [0.29, 0.717) is 5.76 Å². The molecule has 0 radical (unpaired) electrons. The van der Waals surface area contributed by atoms with E-state index in [2.05, 4.69) is 5.16 Å². The molecule has 0 saturated carbocycles. The molecule has 0 fully saturated rings. The summed E-state index contributed by atoms with van der Waals surface area (Å²) in [5, 5.41) is 12.7. The molecular weight excluding hydrogens is 142 g/mol. The van der Waals surface area contributed by atoms with Gasteiger partial charge < -0.3 is 9.63 Å². The van der Waals surface area contributed by atoms with Crippen LogP contribution in [-0.2, 0) is 19.4 Å². The van der Waals surface area contributed by atoms with Crippen molar-refractivity contribution in [2.75, 3.05) is 0 Å². The lowest BCUT2D eigenvalue weighted by Crippen LogP contribution is -2.02. The molecule has 11 heavy (non-hydrogen) atoms. The van der Waals surface area contributed by atoms with Crippen molar-refractivity contribution in [2.24, 2.45) is 0 Å². The monoisotopic (exact) mass is 153 g/mol. The average Bonchev–Trinajstić information content (AvgIpc) is 2.47. The second kappa shape index (κ2) is 2.66. The first kappa shape index (κ1) is 6.85. The molecule has 0 saturated heterocycles. The Kier molecular flexibility index (Phi) is 1.66. The molecule has 0 amide bonds. The van der Waals surface area contributed by atoms with Gasteiger partial charge in [-0.1, -0.05) is 5.16 Å². The molecule has 1 aromatic heterocycles. The number of aryl methyl sites for hydroxylation is 1. The molecule has 0 aliphatic heterocycles. The molecule has 1 aromatic rings. The summed E-state index contributed by atoms with van der Waals surface area (Å²) in [5.74, 6) is 0.666. The highest BCUT2D eigenvalue weighted by Gasteiger charge is 2.17. The van der Waals surface area contributed by atoms with Crippen molar-refractivity contribution in [3.63, 3.8) is 0 Å². The predicted octanol–water partition coefficient (Wildman–Crippen LogP) is 1.05. The molecule has 1 heterocycles. The van der Waals surface area contributed by atoms with Crippen molar-refractivity contribution in [1.82, 2.24) is 5.16 Å². The Labute approximate surface area is 65.0 Å². The Morgan fingerprint density at radius 2 is 2.18 bits per heavy atom. The zero-order valence-corrected chi connectivity index (χ0v) is 6.34. The normalized spacial score (nSPS) is 16.5. The third kappa shape index (κ3) is 1.05. The molecule has 2 rings (SSSR count). The van der Waals surface area contributed by atoms with E-state index in [1.54, 1.807) is 0 Å². The van der Waals surface area contributed by atoms with E-state index in [1.165, 1.54) is 12.8 Å². The molecule has 1 aliphatic carbocycles. The fraction of sp³-hybridized carbons (Fsp3) is 0.625. The smallest absolute Gasteiger partial charge is 0.165 e. The number of hydrogen-bond donors (Lipinski definition) is 1. The topological polar surface area (TPSA) is 46.3 Å². The number of nitrogens with zero attached hydrogens (tertiary/aromatic N) is 1. The second-order valence-corrected chi connectivity index (χ2v) is 2.90. The van der Waals surface area contributed by atoms with Crippen LogP contribution in [0.5, 0.6) is 0 Å². The highest BCUT2D eigenvalue weighted by Crippen LogP contribution is 2.23. The standard InChI is InChI=1S/C8H11NO2/c10-5-8-6-3-1-2-4-7(6)9-11-8/h10H,1-5H2. The zero-order chi connectivity index (χ0) is 7.68. The number of fused-ring (bicyclic) bond motifs is 1. The predicted molar refractivity (Wildman–Crippen MR) is 39.1 cm³/mol. The van der Waals surface area contributed by atoms with Gasteiger partial charge in [-0.3, -0.25) is 0 Å². The minimum absolute atomic E-state index is 0.0116. The largest absolute Gasteiger partial charge is 0.388 e. The Morgan fingerprint density at radius 1 is 1.36 bits per heavy atom. The van der Waals surface area contributed by atoms with E-state index in [4.69, 9.17) is 9.63 Å². The van der Waals surface area contributed by atoms with Gasteiger partial charge in [0.1, 0.15) is 6.61 Å². The summed E-state index contributed by atoms with van der Waals surface area (Å²) in [4.78, 5) is 0. The van der Waals surface area contributed by atoms with E-state index in [0.717, 1.165) is 24.1 Å². The van der Waals surface area contributed by atoms with Crippen LogP contribution in [0, 0.1) is 0 Å². The Morgan fingerprint density at radius 3 is 3.00 bits per heavy atom. The van der Waals surface area contributed by atoms with Crippen LogP contribution < -0.4 is 0 Å². The van der Waals surface area contributed by atoms with E-state index < -0.39 is 0 Å². The maximum atomic E-state index is 8.85. The van der Waals surface area contributed by atoms with Gasteiger partial charge in [-0.15, -0.1) is 0 Å². The molecule has 0 bridgehead atoms. The van der Waals surface area contributed by atoms with Crippen molar-refractivity contribution in [1.29, 1.82) is 0 Å². The summed E-state index contributed by atoms with van der Waals surface area (Å²) >= 11 is 0. The van der Waals surface area contributed by atoms with Crippen molar-refractivity contribution in [3.05, 3.63) is 17.0 Å². The Bertz CT molecular complexity index is 241. The highest BCUT2D eigenvalue weighted by atomic mass is 16.5. The third-order valence-corrected chi connectivity index (χ3v) is 2.18. The van der Waals surface area contributed by atoms with Crippen molar-refractivity contribution in [2.45, 2.75) is 32.3 Å². The van der Waals surface area contributed by atoms with E-state index in [-0.39, 0.29) is 6.61 Å². The van der Waals surface area contributed by atoms with Crippen molar-refractivity contribution in [3.8, 4) is 0 Å². The lowest BCUT2D eigenvalue weighted by atomic mass is 9.96. The van der Waals surface area contributed by atoms with Crippen LogP contribution in [-0.4, -0.2) is 10.3 Å². The average molecular weight is 153 g/mol. The summed E-state index contributed by atoms with van der Waals surface area (Å²) < 4.78 is 4.97. The molecule has 3 nitrogen and oxygen atoms in total. The number of aromatic nitrogens is 1. The van der Waals surface area contributed by atoms with Gasteiger partial charge in [0, 0.05) is 5.56 Å².